The molecule has 1 aliphatic rings. The van der Waals surface area contributed by atoms with E-state index in [0.29, 0.717) is 18.9 Å². The fourth-order valence-electron chi connectivity index (χ4n) is 3.43. The van der Waals surface area contributed by atoms with Crippen molar-refractivity contribution >= 4 is 5.57 Å². The van der Waals surface area contributed by atoms with Crippen molar-refractivity contribution in [1.82, 2.24) is 0 Å². The highest BCUT2D eigenvalue weighted by Gasteiger charge is 2.28. The van der Waals surface area contributed by atoms with Gasteiger partial charge in [-0.2, -0.15) is 0 Å². The molecule has 3 N–H and O–H groups in total. The molecule has 2 aromatic rings. The van der Waals surface area contributed by atoms with Crippen LogP contribution >= 0.6 is 0 Å². The fourth-order valence-corrected chi connectivity index (χ4v) is 3.43. The molecule has 1 unspecified atom stereocenters. The average Bonchev–Trinajstić information content (AvgIpc) is 3.58. The van der Waals surface area contributed by atoms with Gasteiger partial charge in [-0.1, -0.05) is 37.3 Å². The maximum atomic E-state index is 10.1. The van der Waals surface area contributed by atoms with E-state index in [1.807, 2.05) is 36.4 Å². The minimum absolute atomic E-state index is 0.0827. The summed E-state index contributed by atoms with van der Waals surface area (Å²) in [6, 6.07) is 13.6. The molecule has 0 saturated heterocycles. The Morgan fingerprint density at radius 1 is 1.11 bits per heavy atom. The van der Waals surface area contributed by atoms with Gasteiger partial charge in [-0.15, -0.1) is 0 Å². The monoisotopic (exact) mass is 382 g/mol. The standard InChI is InChI=1S/C24H30O4/c1-2-18(10-11-24(27)19-8-9-19)20-4-3-5-23(13-20)28-16-17-6-7-21(14-25)22(12-17)15-26/h3-7,10,12-13,19,24-27H,2,8-9,11,14-16H2,1H3. The number of hydrogen-bond acceptors (Lipinski definition) is 4. The third-order valence-corrected chi connectivity index (χ3v) is 5.37. The van der Waals surface area contributed by atoms with Crippen LogP contribution in [-0.2, 0) is 19.8 Å². The van der Waals surface area contributed by atoms with Crippen molar-refractivity contribution in [2.45, 2.75) is 58.5 Å². The van der Waals surface area contributed by atoms with Crippen LogP contribution in [0.1, 0.15) is 54.9 Å². The highest BCUT2D eigenvalue weighted by atomic mass is 16.5. The van der Waals surface area contributed by atoms with Gasteiger partial charge in [0.05, 0.1) is 19.3 Å². The molecule has 0 spiro atoms. The van der Waals surface area contributed by atoms with Crippen molar-refractivity contribution in [3.05, 3.63) is 70.8 Å². The second-order valence-corrected chi connectivity index (χ2v) is 7.46. The average molecular weight is 383 g/mol. The predicted molar refractivity (Wildman–Crippen MR) is 111 cm³/mol. The molecule has 1 saturated carbocycles. The van der Waals surface area contributed by atoms with E-state index >= 15 is 0 Å². The minimum atomic E-state index is -0.219. The smallest absolute Gasteiger partial charge is 0.120 e. The Kier molecular flexibility index (Phi) is 7.26. The van der Waals surface area contributed by atoms with Crippen LogP contribution < -0.4 is 4.74 Å². The first-order valence-corrected chi connectivity index (χ1v) is 10.1. The predicted octanol–water partition coefficient (Wildman–Crippen LogP) is 4.20. The van der Waals surface area contributed by atoms with E-state index in [0.717, 1.165) is 47.3 Å². The summed E-state index contributed by atoms with van der Waals surface area (Å²) in [5.41, 5.74) is 4.75. The molecule has 150 valence electrons. The number of hydrogen-bond donors (Lipinski definition) is 3. The molecule has 0 aromatic heterocycles. The van der Waals surface area contributed by atoms with Gasteiger partial charge in [-0.05, 0) is 77.6 Å². The quantitative estimate of drug-likeness (QED) is 0.576. The van der Waals surface area contributed by atoms with E-state index in [-0.39, 0.29) is 19.3 Å². The number of rotatable bonds is 10. The van der Waals surface area contributed by atoms with Gasteiger partial charge in [0.1, 0.15) is 12.4 Å². The van der Waals surface area contributed by atoms with Crippen LogP contribution in [0.2, 0.25) is 0 Å². The van der Waals surface area contributed by atoms with Gasteiger partial charge in [-0.3, -0.25) is 0 Å². The molecule has 0 heterocycles. The van der Waals surface area contributed by atoms with Crippen molar-refractivity contribution in [2.75, 3.05) is 0 Å². The summed E-state index contributed by atoms with van der Waals surface area (Å²) in [5, 5.41) is 28.9. The maximum absolute atomic E-state index is 10.1. The first-order valence-electron chi connectivity index (χ1n) is 10.1. The summed E-state index contributed by atoms with van der Waals surface area (Å²) in [6.07, 6.45) is 5.85. The lowest BCUT2D eigenvalue weighted by molar-refractivity contribution is 0.154. The zero-order valence-electron chi connectivity index (χ0n) is 16.5. The molecular formula is C24H30O4. The van der Waals surface area contributed by atoms with Crippen LogP contribution in [0, 0.1) is 5.92 Å². The highest BCUT2D eigenvalue weighted by Crippen LogP contribution is 2.35. The Morgan fingerprint density at radius 3 is 2.57 bits per heavy atom. The van der Waals surface area contributed by atoms with Crippen molar-refractivity contribution in [3.8, 4) is 5.75 Å². The molecule has 1 aliphatic carbocycles. The Bertz CT molecular complexity index is 808. The third-order valence-electron chi connectivity index (χ3n) is 5.37. The van der Waals surface area contributed by atoms with E-state index in [1.54, 1.807) is 0 Å². The fraction of sp³-hybridized carbons (Fsp3) is 0.417. The molecule has 0 amide bonds. The van der Waals surface area contributed by atoms with Crippen LogP contribution in [0.5, 0.6) is 5.75 Å². The Morgan fingerprint density at radius 2 is 1.89 bits per heavy atom. The van der Waals surface area contributed by atoms with Gasteiger partial charge in [0.15, 0.2) is 0 Å². The number of allylic oxidation sites excluding steroid dienone is 1. The van der Waals surface area contributed by atoms with Gasteiger partial charge < -0.3 is 20.1 Å². The topological polar surface area (TPSA) is 69.9 Å². The van der Waals surface area contributed by atoms with Crippen LogP contribution in [0.4, 0.5) is 0 Å². The van der Waals surface area contributed by atoms with Crippen LogP contribution in [0.15, 0.2) is 48.5 Å². The van der Waals surface area contributed by atoms with Crippen molar-refractivity contribution in [1.29, 1.82) is 0 Å². The lowest BCUT2D eigenvalue weighted by Gasteiger charge is -2.12. The van der Waals surface area contributed by atoms with Crippen molar-refractivity contribution in [3.63, 3.8) is 0 Å². The summed E-state index contributed by atoms with van der Waals surface area (Å²) in [6.45, 7) is 2.34. The van der Waals surface area contributed by atoms with E-state index in [9.17, 15) is 15.3 Å². The second-order valence-electron chi connectivity index (χ2n) is 7.46. The molecule has 2 aromatic carbocycles. The first kappa shape index (κ1) is 20.6. The number of aliphatic hydroxyl groups is 3. The molecule has 28 heavy (non-hydrogen) atoms. The minimum Gasteiger partial charge on any atom is -0.489 e. The highest BCUT2D eigenvalue weighted by molar-refractivity contribution is 5.66. The molecule has 1 atom stereocenters. The summed E-state index contributed by atoms with van der Waals surface area (Å²) in [5.74, 6) is 1.28. The van der Waals surface area contributed by atoms with Crippen molar-refractivity contribution < 1.29 is 20.1 Å². The molecule has 0 aliphatic heterocycles. The zero-order valence-corrected chi connectivity index (χ0v) is 16.5. The lowest BCUT2D eigenvalue weighted by Crippen LogP contribution is -2.07. The van der Waals surface area contributed by atoms with Gasteiger partial charge >= 0.3 is 0 Å². The van der Waals surface area contributed by atoms with E-state index < -0.39 is 0 Å². The van der Waals surface area contributed by atoms with Crippen LogP contribution in [0.3, 0.4) is 0 Å². The largest absolute Gasteiger partial charge is 0.489 e. The molecular weight excluding hydrogens is 352 g/mol. The second kappa shape index (κ2) is 9.87. The van der Waals surface area contributed by atoms with Gasteiger partial charge in [0.25, 0.3) is 0 Å². The van der Waals surface area contributed by atoms with Gasteiger partial charge in [0.2, 0.25) is 0 Å². The number of ether oxygens (including phenoxy) is 1. The summed E-state index contributed by atoms with van der Waals surface area (Å²) in [4.78, 5) is 0. The summed E-state index contributed by atoms with van der Waals surface area (Å²) >= 11 is 0. The SMILES string of the molecule is CCC(=CCC(O)C1CC1)c1cccc(OCc2ccc(CO)c(CO)c2)c1. The summed E-state index contributed by atoms with van der Waals surface area (Å²) < 4.78 is 5.95. The van der Waals surface area contributed by atoms with Gasteiger partial charge in [-0.25, -0.2) is 0 Å². The molecule has 1 fully saturated rings. The van der Waals surface area contributed by atoms with Crippen LogP contribution in [-0.4, -0.2) is 21.4 Å². The Balaban J connectivity index is 1.66. The van der Waals surface area contributed by atoms with E-state index in [1.165, 1.54) is 5.57 Å². The number of benzene rings is 2. The Hall–Kier alpha value is -2.14. The molecule has 0 bridgehead atoms. The van der Waals surface area contributed by atoms with Gasteiger partial charge in [0, 0.05) is 0 Å². The number of aliphatic hydroxyl groups excluding tert-OH is 3. The Labute approximate surface area is 167 Å². The zero-order chi connectivity index (χ0) is 19.9. The molecule has 4 nitrogen and oxygen atoms in total. The van der Waals surface area contributed by atoms with Crippen molar-refractivity contribution in [2.24, 2.45) is 5.92 Å². The van der Waals surface area contributed by atoms with E-state index in [4.69, 9.17) is 4.74 Å². The normalized spacial score (nSPS) is 15.5. The van der Waals surface area contributed by atoms with E-state index in [2.05, 4.69) is 19.1 Å². The van der Waals surface area contributed by atoms with Crippen LogP contribution in [0.25, 0.3) is 5.57 Å². The molecule has 0 radical (unpaired) electrons. The summed E-state index contributed by atoms with van der Waals surface area (Å²) in [7, 11) is 0. The lowest BCUT2D eigenvalue weighted by atomic mass is 10.00. The maximum Gasteiger partial charge on any atom is 0.120 e. The third kappa shape index (κ3) is 5.44. The molecule has 3 rings (SSSR count). The first-order chi connectivity index (χ1) is 13.6. The molecule has 4 heteroatoms.